The number of amides is 3. The standard InChI is InChI=1S/C25H31N3O3S/c1-17-15-18(25(31)26-20-5-3-2-4-6-20)7-8-21(17)27-23(29)9-10-24(30)28-13-11-22-19(16-28)12-14-32-22/h7-8,12,14-15,20H,2-6,9-11,13,16H2,1H3,(H,26,31)(H,27,29). The Morgan fingerprint density at radius 2 is 1.91 bits per heavy atom. The number of hydrogen-bond acceptors (Lipinski definition) is 4. The van der Waals surface area contributed by atoms with E-state index in [4.69, 9.17) is 0 Å². The third kappa shape index (κ3) is 5.57. The number of rotatable bonds is 6. The SMILES string of the molecule is Cc1cc(C(=O)NC2CCCCC2)ccc1NC(=O)CCC(=O)N1CCc2sccc2C1. The van der Waals surface area contributed by atoms with Crippen molar-refractivity contribution in [1.29, 1.82) is 0 Å². The van der Waals surface area contributed by atoms with Gasteiger partial charge in [0.05, 0.1) is 0 Å². The first-order chi connectivity index (χ1) is 15.5. The monoisotopic (exact) mass is 453 g/mol. The van der Waals surface area contributed by atoms with Gasteiger partial charge in [0, 0.05) is 48.1 Å². The molecular formula is C25H31N3O3S. The van der Waals surface area contributed by atoms with Gasteiger partial charge in [-0.15, -0.1) is 11.3 Å². The summed E-state index contributed by atoms with van der Waals surface area (Å²) in [6.07, 6.45) is 6.92. The number of anilines is 1. The molecule has 32 heavy (non-hydrogen) atoms. The van der Waals surface area contributed by atoms with E-state index in [1.165, 1.54) is 29.7 Å². The number of hydrogen-bond donors (Lipinski definition) is 2. The molecule has 1 aliphatic heterocycles. The van der Waals surface area contributed by atoms with Crippen LogP contribution in [0, 0.1) is 6.92 Å². The van der Waals surface area contributed by atoms with E-state index in [9.17, 15) is 14.4 Å². The molecule has 0 radical (unpaired) electrons. The summed E-state index contributed by atoms with van der Waals surface area (Å²) in [6.45, 7) is 3.24. The van der Waals surface area contributed by atoms with Gasteiger partial charge in [0.2, 0.25) is 11.8 Å². The van der Waals surface area contributed by atoms with Crippen LogP contribution >= 0.6 is 11.3 Å². The van der Waals surface area contributed by atoms with Crippen molar-refractivity contribution in [3.63, 3.8) is 0 Å². The number of carbonyl (C=O) groups is 3. The lowest BCUT2D eigenvalue weighted by Gasteiger charge is -2.27. The number of nitrogens with zero attached hydrogens (tertiary/aromatic N) is 1. The van der Waals surface area contributed by atoms with Gasteiger partial charge in [-0.3, -0.25) is 14.4 Å². The minimum Gasteiger partial charge on any atom is -0.349 e. The van der Waals surface area contributed by atoms with Gasteiger partial charge in [0.15, 0.2) is 0 Å². The van der Waals surface area contributed by atoms with Crippen molar-refractivity contribution in [2.45, 2.75) is 70.9 Å². The van der Waals surface area contributed by atoms with Gasteiger partial charge in [0.25, 0.3) is 5.91 Å². The summed E-state index contributed by atoms with van der Waals surface area (Å²) in [5.74, 6) is -0.226. The average molecular weight is 454 g/mol. The highest BCUT2D eigenvalue weighted by Gasteiger charge is 2.22. The normalized spacial score (nSPS) is 16.3. The van der Waals surface area contributed by atoms with Crippen LogP contribution in [0.5, 0.6) is 0 Å². The first-order valence-corrected chi connectivity index (χ1v) is 12.4. The van der Waals surface area contributed by atoms with Crippen molar-refractivity contribution >= 4 is 34.7 Å². The molecule has 3 amide bonds. The third-order valence-electron chi connectivity index (χ3n) is 6.43. The Hall–Kier alpha value is -2.67. The van der Waals surface area contributed by atoms with Gasteiger partial charge in [-0.1, -0.05) is 19.3 Å². The Balaban J connectivity index is 1.26. The molecule has 1 saturated carbocycles. The van der Waals surface area contributed by atoms with Gasteiger partial charge in [-0.25, -0.2) is 0 Å². The number of thiophene rings is 1. The zero-order valence-electron chi connectivity index (χ0n) is 18.6. The van der Waals surface area contributed by atoms with Crippen LogP contribution in [0.15, 0.2) is 29.6 Å². The quantitative estimate of drug-likeness (QED) is 0.679. The van der Waals surface area contributed by atoms with Crippen molar-refractivity contribution in [2.24, 2.45) is 0 Å². The number of fused-ring (bicyclic) bond motifs is 1. The summed E-state index contributed by atoms with van der Waals surface area (Å²) in [4.78, 5) is 40.7. The van der Waals surface area contributed by atoms with Crippen LogP contribution in [0.4, 0.5) is 5.69 Å². The summed E-state index contributed by atoms with van der Waals surface area (Å²) in [5, 5.41) is 8.08. The highest BCUT2D eigenvalue weighted by Crippen LogP contribution is 2.25. The topological polar surface area (TPSA) is 78.5 Å². The first-order valence-electron chi connectivity index (χ1n) is 11.5. The lowest BCUT2D eigenvalue weighted by atomic mass is 9.95. The van der Waals surface area contributed by atoms with E-state index in [1.54, 1.807) is 23.5 Å². The lowest BCUT2D eigenvalue weighted by Crippen LogP contribution is -2.36. The maximum absolute atomic E-state index is 12.5. The van der Waals surface area contributed by atoms with Crippen LogP contribution in [0.3, 0.4) is 0 Å². The lowest BCUT2D eigenvalue weighted by molar-refractivity contribution is -0.133. The fourth-order valence-corrected chi connectivity index (χ4v) is 5.40. The summed E-state index contributed by atoms with van der Waals surface area (Å²) >= 11 is 1.74. The number of nitrogens with one attached hydrogen (secondary N) is 2. The number of aryl methyl sites for hydroxylation is 1. The van der Waals surface area contributed by atoms with Gasteiger partial charge in [0.1, 0.15) is 0 Å². The molecule has 6 nitrogen and oxygen atoms in total. The maximum atomic E-state index is 12.5. The highest BCUT2D eigenvalue weighted by molar-refractivity contribution is 7.10. The molecule has 0 bridgehead atoms. The fraction of sp³-hybridized carbons (Fsp3) is 0.480. The van der Waals surface area contributed by atoms with Gasteiger partial charge in [-0.05, 0) is 67.0 Å². The van der Waals surface area contributed by atoms with Gasteiger partial charge < -0.3 is 15.5 Å². The molecule has 0 spiro atoms. The molecule has 170 valence electrons. The minimum atomic E-state index is -0.186. The third-order valence-corrected chi connectivity index (χ3v) is 7.45. The zero-order chi connectivity index (χ0) is 22.5. The predicted molar refractivity (Wildman–Crippen MR) is 127 cm³/mol. The van der Waals surface area contributed by atoms with E-state index in [-0.39, 0.29) is 36.6 Å². The average Bonchev–Trinajstić information content (AvgIpc) is 3.27. The molecule has 2 aromatic rings. The van der Waals surface area contributed by atoms with E-state index in [1.807, 2.05) is 17.9 Å². The maximum Gasteiger partial charge on any atom is 0.251 e. The van der Waals surface area contributed by atoms with Crippen molar-refractivity contribution in [2.75, 3.05) is 11.9 Å². The molecule has 2 N–H and O–H groups in total. The minimum absolute atomic E-state index is 0.0171. The molecule has 1 aromatic carbocycles. The molecule has 0 atom stereocenters. The molecule has 2 aliphatic rings. The molecule has 1 aliphatic carbocycles. The van der Waals surface area contributed by atoms with E-state index < -0.39 is 0 Å². The van der Waals surface area contributed by atoms with Crippen LogP contribution in [0.2, 0.25) is 0 Å². The fourth-order valence-electron chi connectivity index (χ4n) is 4.51. The summed E-state index contributed by atoms with van der Waals surface area (Å²) < 4.78 is 0. The van der Waals surface area contributed by atoms with Crippen LogP contribution in [-0.4, -0.2) is 35.2 Å². The van der Waals surface area contributed by atoms with E-state index in [0.29, 0.717) is 17.8 Å². The Morgan fingerprint density at radius 1 is 1.09 bits per heavy atom. The summed E-state index contributed by atoms with van der Waals surface area (Å²) in [6, 6.07) is 7.67. The van der Waals surface area contributed by atoms with Crippen LogP contribution in [-0.2, 0) is 22.6 Å². The Labute approximate surface area is 193 Å². The second-order valence-electron chi connectivity index (χ2n) is 8.82. The van der Waals surface area contributed by atoms with E-state index >= 15 is 0 Å². The Kier molecular flexibility index (Phi) is 7.25. The number of carbonyl (C=O) groups excluding carboxylic acids is 3. The molecule has 0 saturated heterocycles. The van der Waals surface area contributed by atoms with Crippen LogP contribution in [0.25, 0.3) is 0 Å². The molecule has 4 rings (SSSR count). The second-order valence-corrected chi connectivity index (χ2v) is 9.82. The van der Waals surface area contributed by atoms with Gasteiger partial charge >= 0.3 is 0 Å². The molecule has 1 aromatic heterocycles. The predicted octanol–water partition coefficient (Wildman–Crippen LogP) is 4.42. The van der Waals surface area contributed by atoms with Gasteiger partial charge in [-0.2, -0.15) is 0 Å². The summed E-state index contributed by atoms with van der Waals surface area (Å²) in [5.41, 5.74) is 3.35. The first kappa shape index (κ1) is 22.5. The van der Waals surface area contributed by atoms with Crippen molar-refractivity contribution in [3.8, 4) is 0 Å². The van der Waals surface area contributed by atoms with Crippen LogP contribution < -0.4 is 10.6 Å². The van der Waals surface area contributed by atoms with Crippen molar-refractivity contribution in [3.05, 3.63) is 51.2 Å². The largest absolute Gasteiger partial charge is 0.349 e. The smallest absolute Gasteiger partial charge is 0.251 e. The summed E-state index contributed by atoms with van der Waals surface area (Å²) in [7, 11) is 0. The highest BCUT2D eigenvalue weighted by atomic mass is 32.1. The molecular weight excluding hydrogens is 422 g/mol. The Bertz CT molecular complexity index is 994. The molecule has 0 unspecified atom stereocenters. The Morgan fingerprint density at radius 3 is 2.69 bits per heavy atom. The number of benzene rings is 1. The van der Waals surface area contributed by atoms with Crippen molar-refractivity contribution in [1.82, 2.24) is 10.2 Å². The van der Waals surface area contributed by atoms with E-state index in [0.717, 1.165) is 31.4 Å². The molecule has 1 fully saturated rings. The zero-order valence-corrected chi connectivity index (χ0v) is 19.4. The van der Waals surface area contributed by atoms with Crippen molar-refractivity contribution < 1.29 is 14.4 Å². The molecule has 7 heteroatoms. The second kappa shape index (κ2) is 10.3. The van der Waals surface area contributed by atoms with Crippen LogP contribution in [0.1, 0.15) is 71.3 Å². The molecule has 2 heterocycles. The van der Waals surface area contributed by atoms with E-state index in [2.05, 4.69) is 22.1 Å².